The number of hydrogen-bond acceptors (Lipinski definition) is 2. The van der Waals surface area contributed by atoms with Gasteiger partial charge in [0.1, 0.15) is 0 Å². The van der Waals surface area contributed by atoms with Crippen LogP contribution in [-0.4, -0.2) is 6.04 Å². The summed E-state index contributed by atoms with van der Waals surface area (Å²) in [5.74, 6) is 0. The van der Waals surface area contributed by atoms with Crippen molar-refractivity contribution in [1.29, 1.82) is 0 Å². The van der Waals surface area contributed by atoms with Gasteiger partial charge in [-0.15, -0.1) is 0 Å². The third-order valence-electron chi connectivity index (χ3n) is 3.98. The average Bonchev–Trinajstić information content (AvgIpc) is 3.27. The van der Waals surface area contributed by atoms with E-state index < -0.39 is 0 Å². The first-order chi connectivity index (χ1) is 10.1. The van der Waals surface area contributed by atoms with Gasteiger partial charge in [-0.05, 0) is 68.0 Å². The number of rotatable bonds is 5. The third kappa shape index (κ3) is 3.90. The van der Waals surface area contributed by atoms with E-state index in [-0.39, 0.29) is 0 Å². The summed E-state index contributed by atoms with van der Waals surface area (Å²) in [6.07, 6.45) is 2.69. The summed E-state index contributed by atoms with van der Waals surface area (Å²) in [6, 6.07) is 14.3. The molecule has 110 valence electrons. The first-order valence-electron chi connectivity index (χ1n) is 7.70. The smallest absolute Gasteiger partial charge is 0.0208 e. The van der Waals surface area contributed by atoms with Crippen LogP contribution < -0.4 is 5.32 Å². The predicted octanol–water partition coefficient (Wildman–Crippen LogP) is 5.02. The zero-order chi connectivity index (χ0) is 14.8. The minimum atomic E-state index is 0.773. The molecule has 0 saturated heterocycles. The molecule has 0 bridgehead atoms. The molecular formula is C19H23NS. The van der Waals surface area contributed by atoms with Crippen LogP contribution in [0.4, 0.5) is 0 Å². The molecule has 2 aromatic carbocycles. The fourth-order valence-corrected chi connectivity index (χ4v) is 3.49. The van der Waals surface area contributed by atoms with E-state index in [1.54, 1.807) is 0 Å². The largest absolute Gasteiger partial charge is 0.310 e. The summed E-state index contributed by atoms with van der Waals surface area (Å²) < 4.78 is 0. The van der Waals surface area contributed by atoms with Gasteiger partial charge < -0.3 is 5.32 Å². The van der Waals surface area contributed by atoms with E-state index in [0.717, 1.165) is 12.6 Å². The van der Waals surface area contributed by atoms with Crippen molar-refractivity contribution in [1.82, 2.24) is 5.32 Å². The SMILES string of the molecule is Cc1ccc(C)c(Sc2ccc(CNC3CC3)cc2C)c1. The maximum atomic E-state index is 3.58. The van der Waals surface area contributed by atoms with Gasteiger partial charge in [-0.1, -0.05) is 36.0 Å². The Morgan fingerprint density at radius 2 is 1.76 bits per heavy atom. The van der Waals surface area contributed by atoms with Gasteiger partial charge in [-0.2, -0.15) is 0 Å². The topological polar surface area (TPSA) is 12.0 Å². The van der Waals surface area contributed by atoms with E-state index >= 15 is 0 Å². The third-order valence-corrected chi connectivity index (χ3v) is 5.31. The van der Waals surface area contributed by atoms with Crippen molar-refractivity contribution in [2.45, 2.75) is 56.0 Å². The van der Waals surface area contributed by atoms with Gasteiger partial charge in [-0.25, -0.2) is 0 Å². The van der Waals surface area contributed by atoms with E-state index in [1.165, 1.54) is 44.9 Å². The zero-order valence-corrected chi connectivity index (χ0v) is 13.9. The highest BCUT2D eigenvalue weighted by atomic mass is 32.2. The molecule has 0 radical (unpaired) electrons. The minimum Gasteiger partial charge on any atom is -0.310 e. The van der Waals surface area contributed by atoms with Crippen LogP contribution in [0, 0.1) is 20.8 Å². The Labute approximate surface area is 132 Å². The summed E-state index contributed by atoms with van der Waals surface area (Å²) >= 11 is 1.88. The van der Waals surface area contributed by atoms with Crippen LogP contribution in [0.2, 0.25) is 0 Å². The molecule has 0 aliphatic heterocycles. The Kier molecular flexibility index (Phi) is 4.37. The number of benzene rings is 2. The molecule has 1 N–H and O–H groups in total. The Balaban J connectivity index is 1.74. The maximum absolute atomic E-state index is 3.58. The molecule has 0 unspecified atom stereocenters. The monoisotopic (exact) mass is 297 g/mol. The molecule has 3 rings (SSSR count). The van der Waals surface area contributed by atoms with Gasteiger partial charge in [0.25, 0.3) is 0 Å². The van der Waals surface area contributed by atoms with Crippen molar-refractivity contribution < 1.29 is 0 Å². The van der Waals surface area contributed by atoms with Crippen LogP contribution in [0.1, 0.15) is 35.1 Å². The quantitative estimate of drug-likeness (QED) is 0.832. The van der Waals surface area contributed by atoms with Gasteiger partial charge >= 0.3 is 0 Å². The van der Waals surface area contributed by atoms with Gasteiger partial charge in [0.15, 0.2) is 0 Å². The number of aryl methyl sites for hydroxylation is 3. The van der Waals surface area contributed by atoms with E-state index in [4.69, 9.17) is 0 Å². The summed E-state index contributed by atoms with van der Waals surface area (Å²) in [6.45, 7) is 7.56. The van der Waals surface area contributed by atoms with Crippen molar-refractivity contribution in [3.05, 3.63) is 58.7 Å². The highest BCUT2D eigenvalue weighted by molar-refractivity contribution is 7.99. The van der Waals surface area contributed by atoms with Crippen molar-refractivity contribution in [3.63, 3.8) is 0 Å². The van der Waals surface area contributed by atoms with Crippen LogP contribution in [-0.2, 0) is 6.54 Å². The fraction of sp³-hybridized carbons (Fsp3) is 0.368. The molecule has 0 heterocycles. The van der Waals surface area contributed by atoms with E-state index in [2.05, 4.69) is 62.5 Å². The standard InChI is InChI=1S/C19H23NS/c1-13-4-5-14(2)19(10-13)21-18-9-6-16(11-15(18)3)12-20-17-7-8-17/h4-6,9-11,17,20H,7-8,12H2,1-3H3. The molecule has 2 heteroatoms. The van der Waals surface area contributed by atoms with Crippen LogP contribution in [0.3, 0.4) is 0 Å². The number of hydrogen-bond donors (Lipinski definition) is 1. The molecule has 1 saturated carbocycles. The molecule has 0 atom stereocenters. The lowest BCUT2D eigenvalue weighted by atomic mass is 10.1. The second kappa shape index (κ2) is 6.25. The average molecular weight is 297 g/mol. The van der Waals surface area contributed by atoms with Crippen molar-refractivity contribution in [3.8, 4) is 0 Å². The highest BCUT2D eigenvalue weighted by Gasteiger charge is 2.19. The van der Waals surface area contributed by atoms with Crippen molar-refractivity contribution in [2.24, 2.45) is 0 Å². The van der Waals surface area contributed by atoms with E-state index in [1.807, 2.05) is 11.8 Å². The Morgan fingerprint density at radius 3 is 2.48 bits per heavy atom. The summed E-state index contributed by atoms with van der Waals surface area (Å²) in [5.41, 5.74) is 5.44. The van der Waals surface area contributed by atoms with Crippen molar-refractivity contribution >= 4 is 11.8 Å². The molecule has 0 amide bonds. The molecule has 1 aliphatic carbocycles. The molecule has 21 heavy (non-hydrogen) atoms. The summed E-state index contributed by atoms with van der Waals surface area (Å²) in [4.78, 5) is 2.72. The molecule has 2 aromatic rings. The molecule has 0 aromatic heterocycles. The first kappa shape index (κ1) is 14.7. The maximum Gasteiger partial charge on any atom is 0.0208 e. The predicted molar refractivity (Wildman–Crippen MR) is 91.1 cm³/mol. The lowest BCUT2D eigenvalue weighted by Gasteiger charge is -2.11. The zero-order valence-electron chi connectivity index (χ0n) is 13.1. The molecule has 1 nitrogen and oxygen atoms in total. The van der Waals surface area contributed by atoms with Gasteiger partial charge in [0, 0.05) is 22.4 Å². The Bertz CT molecular complexity index is 644. The van der Waals surface area contributed by atoms with Crippen molar-refractivity contribution in [2.75, 3.05) is 0 Å². The Morgan fingerprint density at radius 1 is 0.952 bits per heavy atom. The van der Waals surface area contributed by atoms with E-state index in [0.29, 0.717) is 0 Å². The van der Waals surface area contributed by atoms with Crippen LogP contribution >= 0.6 is 11.8 Å². The second-order valence-corrected chi connectivity index (χ2v) is 7.21. The van der Waals surface area contributed by atoms with Crippen LogP contribution in [0.25, 0.3) is 0 Å². The van der Waals surface area contributed by atoms with Gasteiger partial charge in [0.2, 0.25) is 0 Å². The lowest BCUT2D eigenvalue weighted by Crippen LogP contribution is -2.15. The normalized spacial score (nSPS) is 14.4. The minimum absolute atomic E-state index is 0.773. The molecule has 1 fully saturated rings. The highest BCUT2D eigenvalue weighted by Crippen LogP contribution is 2.33. The van der Waals surface area contributed by atoms with Crippen LogP contribution in [0.5, 0.6) is 0 Å². The van der Waals surface area contributed by atoms with Gasteiger partial charge in [-0.3, -0.25) is 0 Å². The second-order valence-electron chi connectivity index (χ2n) is 6.13. The fourth-order valence-electron chi connectivity index (χ4n) is 2.42. The summed E-state index contributed by atoms with van der Waals surface area (Å²) in [7, 11) is 0. The van der Waals surface area contributed by atoms with Crippen LogP contribution in [0.15, 0.2) is 46.2 Å². The molecular weight excluding hydrogens is 274 g/mol. The first-order valence-corrected chi connectivity index (χ1v) is 8.51. The lowest BCUT2D eigenvalue weighted by molar-refractivity contribution is 0.687. The van der Waals surface area contributed by atoms with Gasteiger partial charge in [0.05, 0.1) is 0 Å². The number of nitrogens with one attached hydrogen (secondary N) is 1. The summed E-state index contributed by atoms with van der Waals surface area (Å²) in [5, 5.41) is 3.58. The van der Waals surface area contributed by atoms with E-state index in [9.17, 15) is 0 Å². The molecule has 1 aliphatic rings. The Hall–Kier alpha value is -1.25. The molecule has 0 spiro atoms.